The largest absolute Gasteiger partial charge is 0.466 e. The lowest BCUT2D eigenvalue weighted by Gasteiger charge is -2.20. The molecule has 1 amide bonds. The molecule has 3 N–H and O–H groups in total. The molecule has 6 heteroatoms. The van der Waals surface area contributed by atoms with Gasteiger partial charge >= 0.3 is 5.97 Å². The Bertz CT molecular complexity index is 1300. The van der Waals surface area contributed by atoms with Crippen LogP contribution in [0.5, 0.6) is 0 Å². The van der Waals surface area contributed by atoms with Crippen LogP contribution in [0.4, 0.5) is 0 Å². The molecule has 0 aliphatic carbocycles. The average Bonchev–Trinajstić information content (AvgIpc) is 3.60. The van der Waals surface area contributed by atoms with Gasteiger partial charge in [0, 0.05) is 12.8 Å². The summed E-state index contributed by atoms with van der Waals surface area (Å²) in [5.74, 6) is -0.0318. The van der Waals surface area contributed by atoms with Gasteiger partial charge in [-0.15, -0.1) is 0 Å². The number of nitrogens with one attached hydrogen (secondary N) is 1. The van der Waals surface area contributed by atoms with Crippen LogP contribution in [0.15, 0.2) is 12.2 Å². The van der Waals surface area contributed by atoms with Gasteiger partial charge in [-0.1, -0.05) is 431 Å². The zero-order chi connectivity index (χ0) is 62.0. The molecular formula is C80H157NO5. The maximum atomic E-state index is 12.5. The van der Waals surface area contributed by atoms with Gasteiger partial charge in [0.2, 0.25) is 5.91 Å². The zero-order valence-electron chi connectivity index (χ0n) is 58.8. The number of esters is 1. The summed E-state index contributed by atoms with van der Waals surface area (Å²) in [4.78, 5) is 24.6. The second kappa shape index (κ2) is 76.1. The van der Waals surface area contributed by atoms with Gasteiger partial charge in [-0.05, 0) is 32.1 Å². The minimum absolute atomic E-state index is 0.0256. The lowest BCUT2D eigenvalue weighted by molar-refractivity contribution is -0.143. The van der Waals surface area contributed by atoms with E-state index in [1.165, 1.54) is 398 Å². The zero-order valence-corrected chi connectivity index (χ0v) is 58.8. The molecule has 86 heavy (non-hydrogen) atoms. The molecule has 6 nitrogen and oxygen atoms in total. The number of unbranched alkanes of at least 4 members (excludes halogenated alkanes) is 65. The second-order valence-corrected chi connectivity index (χ2v) is 27.8. The van der Waals surface area contributed by atoms with E-state index in [1.807, 2.05) is 6.08 Å². The number of amides is 1. The first-order valence-electron chi connectivity index (χ1n) is 40.0. The minimum atomic E-state index is -0.840. The summed E-state index contributed by atoms with van der Waals surface area (Å²) in [6.45, 7) is 4.96. The number of rotatable bonds is 76. The van der Waals surface area contributed by atoms with E-state index in [1.54, 1.807) is 6.08 Å². The van der Waals surface area contributed by atoms with E-state index in [2.05, 4.69) is 19.2 Å². The first kappa shape index (κ1) is 84.6. The molecule has 0 spiro atoms. The maximum absolute atomic E-state index is 12.5. The van der Waals surface area contributed by atoms with Gasteiger partial charge in [-0.2, -0.15) is 0 Å². The number of carbonyl (C=O) groups excluding carboxylic acids is 2. The van der Waals surface area contributed by atoms with Crippen molar-refractivity contribution in [3.63, 3.8) is 0 Å². The van der Waals surface area contributed by atoms with Crippen LogP contribution in [0.1, 0.15) is 463 Å². The van der Waals surface area contributed by atoms with Crippen molar-refractivity contribution in [3.05, 3.63) is 12.2 Å². The minimum Gasteiger partial charge on any atom is -0.466 e. The smallest absolute Gasteiger partial charge is 0.305 e. The number of hydrogen-bond donors (Lipinski definition) is 3. The average molecular weight is 1210 g/mol. The van der Waals surface area contributed by atoms with Crippen molar-refractivity contribution in [3.8, 4) is 0 Å². The van der Waals surface area contributed by atoms with Crippen LogP contribution < -0.4 is 5.32 Å². The van der Waals surface area contributed by atoms with Crippen molar-refractivity contribution >= 4 is 11.9 Å². The lowest BCUT2D eigenvalue weighted by Crippen LogP contribution is -2.45. The van der Waals surface area contributed by atoms with Gasteiger partial charge < -0.3 is 20.3 Å². The Balaban J connectivity index is 3.30. The van der Waals surface area contributed by atoms with Gasteiger partial charge in [-0.3, -0.25) is 9.59 Å². The quantitative estimate of drug-likeness (QED) is 0.0320. The Labute approximate surface area is 539 Å². The molecule has 0 aromatic carbocycles. The molecule has 0 aromatic rings. The van der Waals surface area contributed by atoms with Crippen molar-refractivity contribution < 1.29 is 24.5 Å². The molecule has 0 rings (SSSR count). The molecular weight excluding hydrogens is 1050 g/mol. The van der Waals surface area contributed by atoms with Crippen molar-refractivity contribution in [2.24, 2.45) is 0 Å². The third kappa shape index (κ3) is 71.7. The monoisotopic (exact) mass is 1210 g/mol. The molecule has 0 radical (unpaired) electrons. The van der Waals surface area contributed by atoms with E-state index in [9.17, 15) is 19.8 Å². The van der Waals surface area contributed by atoms with Crippen LogP contribution in [-0.2, 0) is 14.3 Å². The van der Waals surface area contributed by atoms with Crippen LogP contribution in [-0.4, -0.2) is 47.4 Å². The molecule has 0 aliphatic rings. The third-order valence-electron chi connectivity index (χ3n) is 19.1. The summed E-state index contributed by atoms with van der Waals surface area (Å²) in [5, 5.41) is 23.2. The molecule has 0 heterocycles. The molecule has 2 atom stereocenters. The fourth-order valence-corrected chi connectivity index (χ4v) is 13.0. The van der Waals surface area contributed by atoms with E-state index >= 15 is 0 Å². The molecule has 512 valence electrons. The van der Waals surface area contributed by atoms with Crippen LogP contribution in [0, 0.1) is 0 Å². The summed E-state index contributed by atoms with van der Waals surface area (Å²) < 4.78 is 5.49. The van der Waals surface area contributed by atoms with E-state index in [-0.39, 0.29) is 18.5 Å². The highest BCUT2D eigenvalue weighted by atomic mass is 16.5. The first-order valence-corrected chi connectivity index (χ1v) is 40.0. The molecule has 0 aromatic heterocycles. The predicted octanol–water partition coefficient (Wildman–Crippen LogP) is 26.3. The molecule has 0 aliphatic heterocycles. The normalized spacial score (nSPS) is 12.5. The van der Waals surface area contributed by atoms with E-state index in [4.69, 9.17) is 4.74 Å². The highest BCUT2D eigenvalue weighted by molar-refractivity contribution is 5.76. The molecule has 0 fully saturated rings. The summed E-state index contributed by atoms with van der Waals surface area (Å²) in [7, 11) is 0. The van der Waals surface area contributed by atoms with Crippen molar-refractivity contribution in [1.29, 1.82) is 0 Å². The van der Waals surface area contributed by atoms with Gasteiger partial charge in [-0.25, -0.2) is 0 Å². The number of hydrogen-bond acceptors (Lipinski definition) is 5. The second-order valence-electron chi connectivity index (χ2n) is 27.8. The Morgan fingerprint density at radius 3 is 0.791 bits per heavy atom. The number of carbonyl (C=O) groups is 2. The van der Waals surface area contributed by atoms with Crippen molar-refractivity contribution in [2.45, 2.75) is 475 Å². The van der Waals surface area contributed by atoms with Crippen LogP contribution in [0.2, 0.25) is 0 Å². The van der Waals surface area contributed by atoms with Gasteiger partial charge in [0.05, 0.1) is 25.4 Å². The van der Waals surface area contributed by atoms with Gasteiger partial charge in [0.1, 0.15) is 0 Å². The Hall–Kier alpha value is -1.40. The van der Waals surface area contributed by atoms with Crippen molar-refractivity contribution in [1.82, 2.24) is 5.32 Å². The number of aliphatic hydroxyl groups is 2. The summed E-state index contributed by atoms with van der Waals surface area (Å²) in [6.07, 6.45) is 96.4. The molecule has 2 unspecified atom stereocenters. The Kier molecular flexibility index (Phi) is 74.8. The summed E-state index contributed by atoms with van der Waals surface area (Å²) >= 11 is 0. The summed E-state index contributed by atoms with van der Waals surface area (Å²) in [6, 6.07) is -0.623. The molecule has 0 saturated carbocycles. The first-order chi connectivity index (χ1) is 42.5. The van der Waals surface area contributed by atoms with Gasteiger partial charge in [0.25, 0.3) is 0 Å². The Morgan fingerprint density at radius 1 is 0.314 bits per heavy atom. The highest BCUT2D eigenvalue weighted by Crippen LogP contribution is 2.20. The van der Waals surface area contributed by atoms with Crippen LogP contribution >= 0.6 is 0 Å². The maximum Gasteiger partial charge on any atom is 0.305 e. The van der Waals surface area contributed by atoms with Crippen LogP contribution in [0.3, 0.4) is 0 Å². The number of ether oxygens (including phenoxy) is 1. The van der Waals surface area contributed by atoms with Gasteiger partial charge in [0.15, 0.2) is 0 Å². The SMILES string of the molecule is CCCCCCCCCCCCCCCCCC/C=C/C(O)C(CO)NC(=O)CCCCCCCCCCCCCCCCCCCCCCCCCCCCCCCCCCCCCCCCCOC(=O)CCCCCCCCCCCCCC. The lowest BCUT2D eigenvalue weighted by atomic mass is 10.0. The fraction of sp³-hybridized carbons (Fsp3) is 0.950. The van der Waals surface area contributed by atoms with E-state index in [0.29, 0.717) is 19.4 Å². The topological polar surface area (TPSA) is 95.9 Å². The number of aliphatic hydroxyl groups excluding tert-OH is 2. The molecule has 0 bridgehead atoms. The predicted molar refractivity (Wildman–Crippen MR) is 380 cm³/mol. The number of allylic oxidation sites excluding steroid dienone is 1. The Morgan fingerprint density at radius 2 is 0.535 bits per heavy atom. The van der Waals surface area contributed by atoms with Crippen LogP contribution in [0.25, 0.3) is 0 Å². The van der Waals surface area contributed by atoms with E-state index < -0.39 is 12.1 Å². The highest BCUT2D eigenvalue weighted by Gasteiger charge is 2.18. The molecule has 0 saturated heterocycles. The fourth-order valence-electron chi connectivity index (χ4n) is 13.0. The third-order valence-corrected chi connectivity index (χ3v) is 19.1. The standard InChI is InChI=1S/C80H157NO5/c1-3-5-7-9-11-13-15-17-18-19-43-46-49-52-56-60-64-68-72-78(83)77(76-82)81-79(84)73-69-65-61-57-53-50-47-44-41-39-37-35-33-31-29-27-25-23-21-20-22-24-26-28-30-32-34-36-38-40-42-45-48-51-55-59-63-67-71-75-86-80(85)74-70-66-62-58-54-16-14-12-10-8-6-4-2/h68,72,77-78,82-83H,3-67,69-71,73-76H2,1-2H3,(H,81,84)/b72-68+. The van der Waals surface area contributed by atoms with E-state index in [0.717, 1.165) is 38.5 Å². The summed E-state index contributed by atoms with van der Waals surface area (Å²) in [5.41, 5.74) is 0. The van der Waals surface area contributed by atoms with Crippen molar-refractivity contribution in [2.75, 3.05) is 13.2 Å².